The number of nitrogens with zero attached hydrogens (tertiary/aromatic N) is 1. The fourth-order valence-corrected chi connectivity index (χ4v) is 2.29. The van der Waals surface area contributed by atoms with Gasteiger partial charge in [0.1, 0.15) is 0 Å². The Morgan fingerprint density at radius 3 is 2.75 bits per heavy atom. The van der Waals surface area contributed by atoms with Crippen LogP contribution in [0.1, 0.15) is 12.0 Å². The molecule has 16 heavy (non-hydrogen) atoms. The van der Waals surface area contributed by atoms with E-state index in [9.17, 15) is 0 Å². The zero-order valence-electron chi connectivity index (χ0n) is 9.27. The second-order valence-electron chi connectivity index (χ2n) is 4.12. The summed E-state index contributed by atoms with van der Waals surface area (Å²) in [6.07, 6.45) is 5.59. The van der Waals surface area contributed by atoms with Gasteiger partial charge in [-0.15, -0.1) is 0 Å². The summed E-state index contributed by atoms with van der Waals surface area (Å²) >= 11 is 3.45. The average molecular weight is 281 g/mol. The van der Waals surface area contributed by atoms with Crippen LogP contribution in [0.4, 0.5) is 0 Å². The Hall–Kier alpha value is -0.640. The van der Waals surface area contributed by atoms with Crippen molar-refractivity contribution in [3.63, 3.8) is 0 Å². The molecule has 1 aromatic rings. The molecule has 2 N–H and O–H groups in total. The number of nitrogens with two attached hydrogens (primary N) is 1. The molecule has 2 rings (SSSR count). The molecule has 0 saturated carbocycles. The molecule has 3 heteroatoms. The van der Waals surface area contributed by atoms with Crippen molar-refractivity contribution >= 4 is 15.9 Å². The summed E-state index contributed by atoms with van der Waals surface area (Å²) in [4.78, 5) is 2.43. The lowest BCUT2D eigenvalue weighted by atomic mass is 10.1. The monoisotopic (exact) mass is 280 g/mol. The Kier molecular flexibility index (Phi) is 4.16. The van der Waals surface area contributed by atoms with Crippen LogP contribution in [-0.2, 0) is 6.54 Å². The Balaban J connectivity index is 2.03. The maximum atomic E-state index is 5.77. The molecule has 0 saturated heterocycles. The van der Waals surface area contributed by atoms with Crippen molar-refractivity contribution in [2.75, 3.05) is 13.1 Å². The van der Waals surface area contributed by atoms with Crippen molar-refractivity contribution in [3.8, 4) is 0 Å². The molecule has 0 radical (unpaired) electrons. The van der Waals surface area contributed by atoms with Crippen LogP contribution in [0.5, 0.6) is 0 Å². The van der Waals surface area contributed by atoms with Crippen molar-refractivity contribution in [1.82, 2.24) is 4.90 Å². The van der Waals surface area contributed by atoms with E-state index in [1.165, 1.54) is 5.56 Å². The van der Waals surface area contributed by atoms with Gasteiger partial charge in [-0.3, -0.25) is 4.90 Å². The van der Waals surface area contributed by atoms with Crippen molar-refractivity contribution in [2.24, 2.45) is 5.73 Å². The van der Waals surface area contributed by atoms with Crippen LogP contribution < -0.4 is 5.73 Å². The van der Waals surface area contributed by atoms with Gasteiger partial charge in [-0.2, -0.15) is 0 Å². The molecule has 1 heterocycles. The highest BCUT2D eigenvalue weighted by molar-refractivity contribution is 9.10. The van der Waals surface area contributed by atoms with Crippen LogP contribution in [-0.4, -0.2) is 24.0 Å². The van der Waals surface area contributed by atoms with Gasteiger partial charge in [0.25, 0.3) is 0 Å². The largest absolute Gasteiger partial charge is 0.329 e. The first-order valence-electron chi connectivity index (χ1n) is 5.65. The van der Waals surface area contributed by atoms with Crippen molar-refractivity contribution in [1.29, 1.82) is 0 Å². The summed E-state index contributed by atoms with van der Waals surface area (Å²) in [7, 11) is 0. The zero-order chi connectivity index (χ0) is 11.4. The smallest absolute Gasteiger partial charge is 0.0404 e. The minimum Gasteiger partial charge on any atom is -0.329 e. The Bertz CT molecular complexity index is 359. The van der Waals surface area contributed by atoms with Crippen LogP contribution in [0, 0.1) is 0 Å². The predicted molar refractivity (Wildman–Crippen MR) is 71.2 cm³/mol. The third kappa shape index (κ3) is 2.94. The number of rotatable bonds is 3. The molecule has 0 aliphatic carbocycles. The Morgan fingerprint density at radius 2 is 2.06 bits per heavy atom. The molecule has 1 aromatic carbocycles. The minimum absolute atomic E-state index is 0.400. The quantitative estimate of drug-likeness (QED) is 0.863. The van der Waals surface area contributed by atoms with Crippen LogP contribution in [0.25, 0.3) is 0 Å². The second-order valence-corrected chi connectivity index (χ2v) is 5.03. The zero-order valence-corrected chi connectivity index (χ0v) is 10.9. The first kappa shape index (κ1) is 11.8. The van der Waals surface area contributed by atoms with E-state index in [-0.39, 0.29) is 0 Å². The molecule has 2 nitrogen and oxygen atoms in total. The van der Waals surface area contributed by atoms with E-state index in [2.05, 4.69) is 57.2 Å². The minimum atomic E-state index is 0.400. The molecule has 1 atom stereocenters. The predicted octanol–water partition coefficient (Wildman–Crippen LogP) is 2.54. The van der Waals surface area contributed by atoms with Crippen molar-refractivity contribution in [3.05, 3.63) is 46.5 Å². The van der Waals surface area contributed by atoms with Gasteiger partial charge in [0.05, 0.1) is 0 Å². The number of benzene rings is 1. The molecule has 1 aliphatic rings. The third-order valence-corrected chi connectivity index (χ3v) is 3.48. The van der Waals surface area contributed by atoms with E-state index in [1.807, 2.05) is 0 Å². The summed E-state index contributed by atoms with van der Waals surface area (Å²) in [5, 5.41) is 0. The SMILES string of the molecule is NCC1C=CCCN1Cc1ccc(Br)cc1. The van der Waals surface area contributed by atoms with Crippen LogP contribution >= 0.6 is 15.9 Å². The first-order valence-corrected chi connectivity index (χ1v) is 6.44. The van der Waals surface area contributed by atoms with Gasteiger partial charge in [-0.05, 0) is 24.1 Å². The number of halogens is 1. The molecule has 86 valence electrons. The number of hydrogen-bond donors (Lipinski definition) is 1. The molecule has 1 unspecified atom stereocenters. The highest BCUT2D eigenvalue weighted by atomic mass is 79.9. The summed E-state index contributed by atoms with van der Waals surface area (Å²) in [5.74, 6) is 0. The summed E-state index contributed by atoms with van der Waals surface area (Å²) in [6, 6.07) is 8.91. The second kappa shape index (κ2) is 5.62. The third-order valence-electron chi connectivity index (χ3n) is 2.95. The maximum absolute atomic E-state index is 5.77. The summed E-state index contributed by atoms with van der Waals surface area (Å²) < 4.78 is 1.13. The topological polar surface area (TPSA) is 29.3 Å². The maximum Gasteiger partial charge on any atom is 0.0404 e. The lowest BCUT2D eigenvalue weighted by Gasteiger charge is -2.31. The Labute approximate surface area is 105 Å². The average Bonchev–Trinajstić information content (AvgIpc) is 2.33. The van der Waals surface area contributed by atoms with Crippen LogP contribution in [0.3, 0.4) is 0 Å². The van der Waals surface area contributed by atoms with E-state index in [0.29, 0.717) is 12.6 Å². The van der Waals surface area contributed by atoms with Gasteiger partial charge in [-0.1, -0.05) is 40.2 Å². The molecular weight excluding hydrogens is 264 g/mol. The van der Waals surface area contributed by atoms with E-state index in [0.717, 1.165) is 24.0 Å². The van der Waals surface area contributed by atoms with Gasteiger partial charge in [-0.25, -0.2) is 0 Å². The first-order chi connectivity index (χ1) is 7.79. The molecule has 0 fully saturated rings. The van der Waals surface area contributed by atoms with E-state index in [1.54, 1.807) is 0 Å². The Morgan fingerprint density at radius 1 is 1.31 bits per heavy atom. The van der Waals surface area contributed by atoms with Crippen molar-refractivity contribution < 1.29 is 0 Å². The summed E-state index contributed by atoms with van der Waals surface area (Å²) in [5.41, 5.74) is 7.12. The standard InChI is InChI=1S/C13H17BrN2/c14-12-6-4-11(5-7-12)10-16-8-2-1-3-13(16)9-15/h1,3-7,13H,2,8-10,15H2. The van der Waals surface area contributed by atoms with Crippen LogP contribution in [0.15, 0.2) is 40.9 Å². The normalized spacial score (nSPS) is 21.2. The highest BCUT2D eigenvalue weighted by Crippen LogP contribution is 2.16. The van der Waals surface area contributed by atoms with Crippen molar-refractivity contribution in [2.45, 2.75) is 19.0 Å². The van der Waals surface area contributed by atoms with Gasteiger partial charge < -0.3 is 5.73 Å². The molecule has 0 aromatic heterocycles. The van der Waals surface area contributed by atoms with E-state index < -0.39 is 0 Å². The van der Waals surface area contributed by atoms with Gasteiger partial charge >= 0.3 is 0 Å². The summed E-state index contributed by atoms with van der Waals surface area (Å²) in [6.45, 7) is 2.79. The van der Waals surface area contributed by atoms with Gasteiger partial charge in [0, 0.05) is 30.1 Å². The van der Waals surface area contributed by atoms with Crippen LogP contribution in [0.2, 0.25) is 0 Å². The molecule has 0 spiro atoms. The molecule has 0 amide bonds. The van der Waals surface area contributed by atoms with E-state index >= 15 is 0 Å². The number of hydrogen-bond acceptors (Lipinski definition) is 2. The lowest BCUT2D eigenvalue weighted by Crippen LogP contribution is -2.41. The molecule has 1 aliphatic heterocycles. The lowest BCUT2D eigenvalue weighted by molar-refractivity contribution is 0.218. The fourth-order valence-electron chi connectivity index (χ4n) is 2.03. The molecular formula is C13H17BrN2. The fraction of sp³-hybridized carbons (Fsp3) is 0.385. The molecule has 0 bridgehead atoms. The highest BCUT2D eigenvalue weighted by Gasteiger charge is 2.16. The van der Waals surface area contributed by atoms with Gasteiger partial charge in [0.2, 0.25) is 0 Å². The van der Waals surface area contributed by atoms with Gasteiger partial charge in [0.15, 0.2) is 0 Å². The van der Waals surface area contributed by atoms with E-state index in [4.69, 9.17) is 5.73 Å².